The summed E-state index contributed by atoms with van der Waals surface area (Å²) in [5.41, 5.74) is 9.79. The van der Waals surface area contributed by atoms with Crippen LogP contribution in [0.5, 0.6) is 0 Å². The summed E-state index contributed by atoms with van der Waals surface area (Å²) in [6.07, 6.45) is 3.71. The minimum atomic E-state index is 0.478. The van der Waals surface area contributed by atoms with Crippen molar-refractivity contribution in [1.82, 2.24) is 0 Å². The Morgan fingerprint density at radius 3 is 3.08 bits per heavy atom. The van der Waals surface area contributed by atoms with E-state index in [0.29, 0.717) is 11.6 Å². The molecule has 0 bridgehead atoms. The molecule has 0 N–H and O–H groups in total. The van der Waals surface area contributed by atoms with E-state index in [-0.39, 0.29) is 0 Å². The number of allylic oxidation sites excluding steroid dienone is 1. The fourth-order valence-electron chi connectivity index (χ4n) is 0.923. The maximum atomic E-state index is 8.21. The average molecular weight is 194 g/mol. The quantitative estimate of drug-likeness (QED) is 0.303. The number of halogens is 1. The van der Waals surface area contributed by atoms with Gasteiger partial charge < -0.3 is 0 Å². The average Bonchev–Trinajstić information content (AvgIpc) is 2.16. The molecule has 0 saturated carbocycles. The van der Waals surface area contributed by atoms with Crippen LogP contribution in [0.3, 0.4) is 0 Å². The minimum absolute atomic E-state index is 0.478. The second-order valence-electron chi connectivity index (χ2n) is 2.34. The van der Waals surface area contributed by atoms with Crippen LogP contribution < -0.4 is 0 Å². The number of benzene rings is 1. The van der Waals surface area contributed by atoms with E-state index in [9.17, 15) is 0 Å². The number of hydrogen-bond donors (Lipinski definition) is 0. The van der Waals surface area contributed by atoms with Gasteiger partial charge in [0.25, 0.3) is 0 Å². The number of nitrogens with zero attached hydrogens (tertiary/aromatic N) is 3. The highest BCUT2D eigenvalue weighted by Crippen LogP contribution is 2.15. The van der Waals surface area contributed by atoms with Crippen molar-refractivity contribution in [3.63, 3.8) is 0 Å². The van der Waals surface area contributed by atoms with E-state index in [1.54, 1.807) is 12.1 Å². The van der Waals surface area contributed by atoms with E-state index in [1.165, 1.54) is 0 Å². The maximum absolute atomic E-state index is 8.21. The minimum Gasteiger partial charge on any atom is -0.122 e. The standard InChI is InChI=1S/C9H8ClN3/c10-6-2-4-8-3-1-5-9(7-8)12-13-11/h1-5,7H,6H2. The summed E-state index contributed by atoms with van der Waals surface area (Å²) in [6.45, 7) is 0. The highest BCUT2D eigenvalue weighted by Gasteiger charge is 1.88. The van der Waals surface area contributed by atoms with Crippen LogP contribution in [0.4, 0.5) is 5.69 Å². The van der Waals surface area contributed by atoms with Gasteiger partial charge in [-0.3, -0.25) is 0 Å². The first-order valence-electron chi connectivity index (χ1n) is 3.74. The lowest BCUT2D eigenvalue weighted by atomic mass is 10.2. The molecule has 1 aromatic rings. The first kappa shape index (κ1) is 9.65. The molecule has 0 aliphatic carbocycles. The second-order valence-corrected chi connectivity index (χ2v) is 2.65. The van der Waals surface area contributed by atoms with E-state index in [2.05, 4.69) is 10.0 Å². The van der Waals surface area contributed by atoms with Crippen LogP contribution in [-0.2, 0) is 0 Å². The van der Waals surface area contributed by atoms with Gasteiger partial charge in [-0.25, -0.2) is 0 Å². The smallest absolute Gasteiger partial charge is 0.0407 e. The van der Waals surface area contributed by atoms with Crippen molar-refractivity contribution in [1.29, 1.82) is 0 Å². The van der Waals surface area contributed by atoms with Gasteiger partial charge in [0, 0.05) is 16.5 Å². The Labute approximate surface area is 81.3 Å². The maximum Gasteiger partial charge on any atom is 0.0407 e. The molecule has 0 aromatic heterocycles. The van der Waals surface area contributed by atoms with Crippen molar-refractivity contribution in [3.05, 3.63) is 46.3 Å². The third-order valence-electron chi connectivity index (χ3n) is 1.43. The summed E-state index contributed by atoms with van der Waals surface area (Å²) < 4.78 is 0. The third kappa shape index (κ3) is 3.20. The van der Waals surface area contributed by atoms with Gasteiger partial charge in [0.1, 0.15) is 0 Å². The Balaban J connectivity index is 2.91. The van der Waals surface area contributed by atoms with Crippen LogP contribution in [0.2, 0.25) is 0 Å². The molecule has 0 amide bonds. The van der Waals surface area contributed by atoms with Gasteiger partial charge in [0.15, 0.2) is 0 Å². The number of azide groups is 1. The number of alkyl halides is 1. The van der Waals surface area contributed by atoms with Gasteiger partial charge in [-0.05, 0) is 17.2 Å². The third-order valence-corrected chi connectivity index (χ3v) is 1.61. The van der Waals surface area contributed by atoms with E-state index in [0.717, 1.165) is 5.56 Å². The molecule has 0 radical (unpaired) electrons. The molecule has 0 fully saturated rings. The lowest BCUT2D eigenvalue weighted by Crippen LogP contribution is -1.70. The summed E-state index contributed by atoms with van der Waals surface area (Å²) in [7, 11) is 0. The van der Waals surface area contributed by atoms with Gasteiger partial charge >= 0.3 is 0 Å². The molecule has 0 aliphatic heterocycles. The van der Waals surface area contributed by atoms with E-state index in [4.69, 9.17) is 17.1 Å². The van der Waals surface area contributed by atoms with Crippen molar-refractivity contribution in [3.8, 4) is 0 Å². The van der Waals surface area contributed by atoms with Crippen molar-refractivity contribution in [2.75, 3.05) is 5.88 Å². The van der Waals surface area contributed by atoms with Gasteiger partial charge in [-0.15, -0.1) is 11.6 Å². The fraction of sp³-hybridized carbons (Fsp3) is 0.111. The molecule has 0 spiro atoms. The Morgan fingerprint density at radius 2 is 2.38 bits per heavy atom. The normalized spacial score (nSPS) is 9.92. The molecule has 1 rings (SSSR count). The molecule has 13 heavy (non-hydrogen) atoms. The predicted octanol–water partition coefficient (Wildman–Crippen LogP) is 3.88. The van der Waals surface area contributed by atoms with Crippen molar-refractivity contribution in [2.45, 2.75) is 0 Å². The summed E-state index contributed by atoms with van der Waals surface area (Å²) in [4.78, 5) is 2.70. The van der Waals surface area contributed by atoms with Gasteiger partial charge in [0.2, 0.25) is 0 Å². The zero-order valence-electron chi connectivity index (χ0n) is 6.89. The number of rotatable bonds is 3. The van der Waals surface area contributed by atoms with Crippen LogP contribution in [-0.4, -0.2) is 5.88 Å². The molecule has 0 heterocycles. The molecular weight excluding hydrogens is 186 g/mol. The van der Waals surface area contributed by atoms with Crippen LogP contribution in [0.15, 0.2) is 35.5 Å². The highest BCUT2D eigenvalue weighted by molar-refractivity contribution is 6.19. The van der Waals surface area contributed by atoms with Crippen LogP contribution in [0, 0.1) is 0 Å². The van der Waals surface area contributed by atoms with Crippen LogP contribution in [0.25, 0.3) is 16.5 Å². The second kappa shape index (κ2) is 5.25. The summed E-state index contributed by atoms with van der Waals surface area (Å²) in [5, 5.41) is 3.49. The Morgan fingerprint density at radius 1 is 1.54 bits per heavy atom. The van der Waals surface area contributed by atoms with Crippen LogP contribution >= 0.6 is 11.6 Å². The molecular formula is C9H8ClN3. The fourth-order valence-corrected chi connectivity index (χ4v) is 1.01. The topological polar surface area (TPSA) is 48.8 Å². The molecule has 0 atom stereocenters. The van der Waals surface area contributed by atoms with Gasteiger partial charge in [0.05, 0.1) is 0 Å². The Bertz CT molecular complexity index is 354. The van der Waals surface area contributed by atoms with E-state index in [1.807, 2.05) is 24.3 Å². The lowest BCUT2D eigenvalue weighted by molar-refractivity contribution is 1.47. The van der Waals surface area contributed by atoms with E-state index < -0.39 is 0 Å². The monoisotopic (exact) mass is 193 g/mol. The first-order chi connectivity index (χ1) is 6.36. The summed E-state index contributed by atoms with van der Waals surface area (Å²) in [5.74, 6) is 0.478. The zero-order chi connectivity index (χ0) is 9.52. The van der Waals surface area contributed by atoms with Crippen LogP contribution in [0.1, 0.15) is 5.56 Å². The largest absolute Gasteiger partial charge is 0.122 e. The molecule has 0 aliphatic rings. The molecule has 66 valence electrons. The Hall–Kier alpha value is -1.44. The van der Waals surface area contributed by atoms with Crippen molar-refractivity contribution >= 4 is 23.4 Å². The predicted molar refractivity (Wildman–Crippen MR) is 55.0 cm³/mol. The van der Waals surface area contributed by atoms with Gasteiger partial charge in [-0.1, -0.05) is 35.5 Å². The zero-order valence-corrected chi connectivity index (χ0v) is 7.65. The lowest BCUT2D eigenvalue weighted by Gasteiger charge is -1.93. The molecule has 0 saturated heterocycles. The molecule has 1 aromatic carbocycles. The Kier molecular flexibility index (Phi) is 3.89. The SMILES string of the molecule is [N-]=[N+]=Nc1cccc(C=CCCl)c1. The molecule has 4 heteroatoms. The highest BCUT2D eigenvalue weighted by atomic mass is 35.5. The summed E-state index contributed by atoms with van der Waals surface area (Å²) >= 11 is 5.48. The molecule has 0 unspecified atom stereocenters. The van der Waals surface area contributed by atoms with Crippen molar-refractivity contribution in [2.24, 2.45) is 5.11 Å². The van der Waals surface area contributed by atoms with Gasteiger partial charge in [-0.2, -0.15) is 0 Å². The van der Waals surface area contributed by atoms with Crippen molar-refractivity contribution < 1.29 is 0 Å². The number of hydrogen-bond acceptors (Lipinski definition) is 1. The molecule has 3 nitrogen and oxygen atoms in total. The first-order valence-corrected chi connectivity index (χ1v) is 4.28. The summed E-state index contributed by atoms with van der Waals surface area (Å²) in [6, 6.07) is 7.29. The van der Waals surface area contributed by atoms with E-state index >= 15 is 0 Å².